The maximum absolute atomic E-state index is 5.87. The van der Waals surface area contributed by atoms with E-state index in [4.69, 9.17) is 11.5 Å². The van der Waals surface area contributed by atoms with Gasteiger partial charge in [0.2, 0.25) is 0 Å². The highest BCUT2D eigenvalue weighted by Crippen LogP contribution is 2.06. The van der Waals surface area contributed by atoms with Crippen LogP contribution in [0.15, 0.2) is 0 Å². The Morgan fingerprint density at radius 2 is 1.50 bits per heavy atom. The first-order chi connectivity index (χ1) is 5.70. The summed E-state index contributed by atoms with van der Waals surface area (Å²) in [6.07, 6.45) is 6.90. The van der Waals surface area contributed by atoms with Gasteiger partial charge < -0.3 is 11.5 Å². The number of rotatable bonds is 7. The fourth-order valence-corrected chi connectivity index (χ4v) is 1.36. The maximum atomic E-state index is 5.87. The quantitative estimate of drug-likeness (QED) is 0.617. The summed E-state index contributed by atoms with van der Waals surface area (Å²) in [6, 6.07) is 0.790. The Balaban J connectivity index is 3.18. The summed E-state index contributed by atoms with van der Waals surface area (Å²) in [5.41, 5.74) is 11.7. The van der Waals surface area contributed by atoms with Gasteiger partial charge in [-0.3, -0.25) is 0 Å². The molecule has 0 spiro atoms. The predicted octanol–water partition coefficient (Wildman–Crippen LogP) is 2.02. The molecule has 0 fully saturated rings. The summed E-state index contributed by atoms with van der Waals surface area (Å²) in [7, 11) is 0. The normalized spacial score (nSPS) is 16.0. The fraction of sp³-hybridized carbons (Fsp3) is 1.00. The van der Waals surface area contributed by atoms with Crippen molar-refractivity contribution >= 4 is 0 Å². The van der Waals surface area contributed by atoms with Gasteiger partial charge in [-0.1, -0.05) is 26.7 Å². The minimum absolute atomic E-state index is 0.388. The standard InChI is InChI=1S/C10H24N2/c1-3-6-10(12)8-5-7-9(11)4-2/h9-10H,3-8,11-12H2,1-2H3. The van der Waals surface area contributed by atoms with Gasteiger partial charge in [-0.15, -0.1) is 0 Å². The van der Waals surface area contributed by atoms with Crippen molar-refractivity contribution in [2.45, 2.75) is 64.5 Å². The maximum Gasteiger partial charge on any atom is 0.00387 e. The molecule has 0 aliphatic carbocycles. The van der Waals surface area contributed by atoms with Gasteiger partial charge >= 0.3 is 0 Å². The minimum Gasteiger partial charge on any atom is -0.328 e. The topological polar surface area (TPSA) is 52.0 Å². The molecule has 0 aliphatic heterocycles. The molecule has 0 aromatic carbocycles. The van der Waals surface area contributed by atoms with Crippen molar-refractivity contribution in [3.63, 3.8) is 0 Å². The lowest BCUT2D eigenvalue weighted by Gasteiger charge is -2.12. The lowest BCUT2D eigenvalue weighted by atomic mass is 10.0. The van der Waals surface area contributed by atoms with Crippen LogP contribution in [-0.2, 0) is 0 Å². The average molecular weight is 172 g/mol. The van der Waals surface area contributed by atoms with Crippen LogP contribution >= 0.6 is 0 Å². The molecule has 2 nitrogen and oxygen atoms in total. The summed E-state index contributed by atoms with van der Waals surface area (Å²) in [5.74, 6) is 0. The van der Waals surface area contributed by atoms with Crippen molar-refractivity contribution in [3.8, 4) is 0 Å². The van der Waals surface area contributed by atoms with Gasteiger partial charge in [-0.25, -0.2) is 0 Å². The molecule has 4 N–H and O–H groups in total. The molecule has 2 atom stereocenters. The first kappa shape index (κ1) is 11.9. The van der Waals surface area contributed by atoms with Gasteiger partial charge in [0.1, 0.15) is 0 Å². The van der Waals surface area contributed by atoms with Crippen LogP contribution in [0.5, 0.6) is 0 Å². The molecule has 0 bridgehead atoms. The van der Waals surface area contributed by atoms with Crippen molar-refractivity contribution in [3.05, 3.63) is 0 Å². The lowest BCUT2D eigenvalue weighted by Crippen LogP contribution is -2.22. The van der Waals surface area contributed by atoms with Crippen LogP contribution in [0.25, 0.3) is 0 Å². The molecule has 74 valence electrons. The summed E-state index contributed by atoms with van der Waals surface area (Å²) in [6.45, 7) is 4.31. The smallest absolute Gasteiger partial charge is 0.00387 e. The number of hydrogen-bond donors (Lipinski definition) is 2. The third-order valence-corrected chi connectivity index (χ3v) is 2.33. The van der Waals surface area contributed by atoms with E-state index in [0.29, 0.717) is 12.1 Å². The second-order valence-electron chi connectivity index (χ2n) is 3.65. The second-order valence-corrected chi connectivity index (χ2v) is 3.65. The molecule has 0 saturated heterocycles. The molecule has 2 unspecified atom stereocenters. The zero-order valence-corrected chi connectivity index (χ0v) is 8.55. The molecule has 12 heavy (non-hydrogen) atoms. The summed E-state index contributed by atoms with van der Waals surface area (Å²) in [4.78, 5) is 0. The third kappa shape index (κ3) is 6.62. The van der Waals surface area contributed by atoms with E-state index in [9.17, 15) is 0 Å². The molecule has 0 radical (unpaired) electrons. The Morgan fingerprint density at radius 1 is 0.917 bits per heavy atom. The van der Waals surface area contributed by atoms with Gasteiger partial charge in [-0.2, -0.15) is 0 Å². The van der Waals surface area contributed by atoms with Crippen LogP contribution in [0.3, 0.4) is 0 Å². The van der Waals surface area contributed by atoms with Crippen LogP contribution in [0.4, 0.5) is 0 Å². The molecular formula is C10H24N2. The molecule has 0 saturated carbocycles. The Kier molecular flexibility index (Phi) is 7.51. The molecule has 0 heterocycles. The summed E-state index contributed by atoms with van der Waals surface area (Å²) in [5, 5.41) is 0. The molecule has 0 aromatic rings. The summed E-state index contributed by atoms with van der Waals surface area (Å²) >= 11 is 0. The van der Waals surface area contributed by atoms with Gasteiger partial charge in [0.25, 0.3) is 0 Å². The Bertz CT molecular complexity index is 93.8. The van der Waals surface area contributed by atoms with Gasteiger partial charge in [0.15, 0.2) is 0 Å². The Morgan fingerprint density at radius 3 is 2.00 bits per heavy atom. The largest absolute Gasteiger partial charge is 0.328 e. The zero-order valence-electron chi connectivity index (χ0n) is 8.55. The van der Waals surface area contributed by atoms with E-state index in [2.05, 4.69) is 13.8 Å². The Labute approximate surface area is 76.7 Å². The molecule has 0 aliphatic rings. The van der Waals surface area contributed by atoms with E-state index in [1.54, 1.807) is 0 Å². The van der Waals surface area contributed by atoms with Crippen molar-refractivity contribution in [2.24, 2.45) is 11.5 Å². The van der Waals surface area contributed by atoms with Crippen LogP contribution in [0.2, 0.25) is 0 Å². The van der Waals surface area contributed by atoms with Crippen molar-refractivity contribution < 1.29 is 0 Å². The van der Waals surface area contributed by atoms with Gasteiger partial charge in [0, 0.05) is 12.1 Å². The van der Waals surface area contributed by atoms with Crippen molar-refractivity contribution in [2.75, 3.05) is 0 Å². The molecule has 2 heteroatoms. The number of hydrogen-bond acceptors (Lipinski definition) is 2. The van der Waals surface area contributed by atoms with E-state index >= 15 is 0 Å². The average Bonchev–Trinajstić information content (AvgIpc) is 2.04. The number of nitrogens with two attached hydrogens (primary N) is 2. The fourth-order valence-electron chi connectivity index (χ4n) is 1.36. The van der Waals surface area contributed by atoms with Gasteiger partial charge in [0.05, 0.1) is 0 Å². The van der Waals surface area contributed by atoms with Crippen molar-refractivity contribution in [1.82, 2.24) is 0 Å². The monoisotopic (exact) mass is 172 g/mol. The summed E-state index contributed by atoms with van der Waals surface area (Å²) < 4.78 is 0. The van der Waals surface area contributed by atoms with Crippen LogP contribution in [-0.4, -0.2) is 12.1 Å². The van der Waals surface area contributed by atoms with Crippen LogP contribution in [0.1, 0.15) is 52.4 Å². The van der Waals surface area contributed by atoms with E-state index in [1.165, 1.54) is 12.8 Å². The van der Waals surface area contributed by atoms with Gasteiger partial charge in [-0.05, 0) is 25.7 Å². The van der Waals surface area contributed by atoms with E-state index in [0.717, 1.165) is 25.7 Å². The zero-order chi connectivity index (χ0) is 9.40. The van der Waals surface area contributed by atoms with Crippen molar-refractivity contribution in [1.29, 1.82) is 0 Å². The predicted molar refractivity (Wildman–Crippen MR) is 55.0 cm³/mol. The minimum atomic E-state index is 0.388. The van der Waals surface area contributed by atoms with E-state index in [-0.39, 0.29) is 0 Å². The molecular weight excluding hydrogens is 148 g/mol. The second kappa shape index (κ2) is 7.56. The molecule has 0 aromatic heterocycles. The van der Waals surface area contributed by atoms with E-state index in [1.807, 2.05) is 0 Å². The Hall–Kier alpha value is -0.0800. The highest BCUT2D eigenvalue weighted by molar-refractivity contribution is 4.64. The van der Waals surface area contributed by atoms with Crippen LogP contribution < -0.4 is 11.5 Å². The molecule has 0 rings (SSSR count). The van der Waals surface area contributed by atoms with E-state index < -0.39 is 0 Å². The highest BCUT2D eigenvalue weighted by atomic mass is 14.6. The molecule has 0 amide bonds. The lowest BCUT2D eigenvalue weighted by molar-refractivity contribution is 0.489. The first-order valence-corrected chi connectivity index (χ1v) is 5.21. The first-order valence-electron chi connectivity index (χ1n) is 5.21. The highest BCUT2D eigenvalue weighted by Gasteiger charge is 2.03. The SMILES string of the molecule is CCCC(N)CCCC(N)CC. The third-order valence-electron chi connectivity index (χ3n) is 2.33. The van der Waals surface area contributed by atoms with Crippen LogP contribution in [0, 0.1) is 0 Å².